The van der Waals surface area contributed by atoms with Crippen LogP contribution in [-0.2, 0) is 11.2 Å². The summed E-state index contributed by atoms with van der Waals surface area (Å²) in [6, 6.07) is 20.6. The van der Waals surface area contributed by atoms with Crippen molar-refractivity contribution in [1.29, 1.82) is 0 Å². The van der Waals surface area contributed by atoms with Gasteiger partial charge in [-0.3, -0.25) is 0 Å². The lowest BCUT2D eigenvalue weighted by Crippen LogP contribution is -2.33. The zero-order chi connectivity index (χ0) is 24.2. The Kier molecular flexibility index (Phi) is 6.48. The Bertz CT molecular complexity index is 1420. The van der Waals surface area contributed by atoms with Crippen molar-refractivity contribution in [3.63, 3.8) is 0 Å². The molecule has 2 aliphatic carbocycles. The maximum absolute atomic E-state index is 11.8. The van der Waals surface area contributed by atoms with Crippen LogP contribution < -0.4 is 5.32 Å². The molecule has 3 aromatic rings. The highest BCUT2D eigenvalue weighted by molar-refractivity contribution is 6.31. The molecule has 0 bridgehead atoms. The molecule has 5 rings (SSSR count). The zero-order valence-electron chi connectivity index (χ0n) is 17.8. The van der Waals surface area contributed by atoms with Gasteiger partial charge in [-0.2, -0.15) is 0 Å². The van der Waals surface area contributed by atoms with Crippen LogP contribution in [0.1, 0.15) is 21.5 Å². The van der Waals surface area contributed by atoms with E-state index in [1.165, 1.54) is 17.2 Å². The molecule has 0 saturated carbocycles. The van der Waals surface area contributed by atoms with Crippen LogP contribution >= 0.6 is 11.6 Å². The van der Waals surface area contributed by atoms with E-state index in [-0.39, 0.29) is 17.8 Å². The fourth-order valence-corrected chi connectivity index (χ4v) is 3.69. The zero-order valence-corrected chi connectivity index (χ0v) is 18.6. The van der Waals surface area contributed by atoms with Gasteiger partial charge in [0.1, 0.15) is 17.4 Å². The molecular weight excluding hydrogens is 452 g/mol. The highest BCUT2D eigenvalue weighted by atomic mass is 35.5. The minimum atomic E-state index is -1.23. The summed E-state index contributed by atoms with van der Waals surface area (Å²) in [5.41, 5.74) is 4.44. The molecule has 0 saturated heterocycles. The molecule has 1 unspecified atom stereocenters. The molecule has 2 aliphatic rings. The lowest BCUT2D eigenvalue weighted by molar-refractivity contribution is -0.137. The minimum Gasteiger partial charge on any atom is -0.480 e. The fraction of sp³-hybridized carbons (Fsp3) is 0.0741. The van der Waals surface area contributed by atoms with Gasteiger partial charge in [-0.25, -0.2) is 14.6 Å². The number of anilines is 1. The molecule has 168 valence electrons. The number of aromatic carboxylic acids is 1. The van der Waals surface area contributed by atoms with Crippen LogP contribution in [0.15, 0.2) is 72.8 Å². The number of nitrogens with zero attached hydrogens (tertiary/aromatic N) is 1. The maximum atomic E-state index is 11.8. The van der Waals surface area contributed by atoms with Crippen LogP contribution in [0.2, 0.25) is 5.02 Å². The summed E-state index contributed by atoms with van der Waals surface area (Å²) < 4.78 is 0. The smallest absolute Gasteiger partial charge is 0.339 e. The largest absolute Gasteiger partial charge is 0.480 e. The van der Waals surface area contributed by atoms with Crippen molar-refractivity contribution < 1.29 is 19.8 Å². The number of carbonyl (C=O) groups is 2. The number of aromatic nitrogens is 1. The lowest BCUT2D eigenvalue weighted by Gasteiger charge is -2.18. The third kappa shape index (κ3) is 4.85. The number of aliphatic carboxylic acids is 1. The van der Waals surface area contributed by atoms with Crippen molar-refractivity contribution in [2.45, 2.75) is 12.5 Å². The van der Waals surface area contributed by atoms with E-state index >= 15 is 0 Å². The van der Waals surface area contributed by atoms with Crippen molar-refractivity contribution in [2.24, 2.45) is 0 Å². The third-order valence-corrected chi connectivity index (χ3v) is 5.67. The summed E-state index contributed by atoms with van der Waals surface area (Å²) in [7, 11) is 0. The molecule has 34 heavy (non-hydrogen) atoms. The number of rotatable bonds is 6. The minimum absolute atomic E-state index is 0.0343. The number of nitrogens with one attached hydrogen (secondary N) is 1. The Morgan fingerprint density at radius 3 is 2.24 bits per heavy atom. The number of hydrogen-bond acceptors (Lipinski definition) is 4. The molecule has 1 atom stereocenters. The standard InChI is InChI=1S/C21H15ClN2O4.C6H4/c1-2-12-5-3-4-6-13(12)11-18(21(27)28)24-19-16(20(25)26)10-14-9-15(22)7-8-17(14)23-19;1-2-6-4-3-5(1)6/h1,3-10,18H,11H2,(H,23,24)(H,25,26)(H,27,28);1-4H. The predicted octanol–water partition coefficient (Wildman–Crippen LogP) is 5.34. The normalized spacial score (nSPS) is 11.5. The predicted molar refractivity (Wildman–Crippen MR) is 132 cm³/mol. The van der Waals surface area contributed by atoms with E-state index in [2.05, 4.69) is 40.5 Å². The molecule has 3 N–H and O–H groups in total. The van der Waals surface area contributed by atoms with Gasteiger partial charge in [0.25, 0.3) is 0 Å². The molecular formula is C27H19ClN2O4. The lowest BCUT2D eigenvalue weighted by atomic mass is 9.95. The molecule has 1 heterocycles. The van der Waals surface area contributed by atoms with Crippen molar-refractivity contribution in [2.75, 3.05) is 5.32 Å². The molecule has 2 aromatic carbocycles. The van der Waals surface area contributed by atoms with Gasteiger partial charge in [-0.15, -0.1) is 6.42 Å². The van der Waals surface area contributed by atoms with E-state index in [1.54, 1.807) is 42.5 Å². The van der Waals surface area contributed by atoms with E-state index in [1.807, 2.05) is 0 Å². The molecule has 0 fully saturated rings. The molecule has 0 aliphatic heterocycles. The van der Waals surface area contributed by atoms with E-state index in [0.717, 1.165) is 0 Å². The van der Waals surface area contributed by atoms with Crippen LogP contribution in [0, 0.1) is 12.3 Å². The van der Waals surface area contributed by atoms with Gasteiger partial charge < -0.3 is 15.5 Å². The van der Waals surface area contributed by atoms with Crippen LogP contribution in [0.3, 0.4) is 0 Å². The monoisotopic (exact) mass is 470 g/mol. The summed E-state index contributed by atoms with van der Waals surface area (Å²) in [6.45, 7) is 0. The second-order valence-corrected chi connectivity index (χ2v) is 8.08. The highest BCUT2D eigenvalue weighted by Crippen LogP contribution is 2.29. The summed E-state index contributed by atoms with van der Waals surface area (Å²) in [4.78, 5) is 27.8. The average Bonchev–Trinajstić information content (AvgIpc) is 2.81. The number of pyridine rings is 1. The molecule has 7 heteroatoms. The first-order valence-electron chi connectivity index (χ1n) is 10.3. The first-order chi connectivity index (χ1) is 16.4. The molecule has 0 spiro atoms. The summed E-state index contributed by atoms with van der Waals surface area (Å²) in [5.74, 6) is 0.102. The Morgan fingerprint density at radius 1 is 1.00 bits per heavy atom. The first-order valence-corrected chi connectivity index (χ1v) is 10.7. The van der Waals surface area contributed by atoms with Crippen LogP contribution in [0.4, 0.5) is 5.82 Å². The topological polar surface area (TPSA) is 99.5 Å². The third-order valence-electron chi connectivity index (χ3n) is 5.43. The van der Waals surface area contributed by atoms with Gasteiger partial charge in [0.15, 0.2) is 0 Å². The Labute approximate surface area is 200 Å². The average molecular weight is 471 g/mol. The van der Waals surface area contributed by atoms with Gasteiger partial charge in [-0.1, -0.05) is 60.0 Å². The van der Waals surface area contributed by atoms with Crippen molar-refractivity contribution in [3.05, 3.63) is 94.5 Å². The summed E-state index contributed by atoms with van der Waals surface area (Å²) in [5, 5.41) is 22.9. The second-order valence-electron chi connectivity index (χ2n) is 7.64. The number of carboxylic acids is 2. The van der Waals surface area contributed by atoms with Crippen molar-refractivity contribution in [3.8, 4) is 23.5 Å². The molecule has 6 nitrogen and oxygen atoms in total. The van der Waals surface area contributed by atoms with Crippen molar-refractivity contribution in [1.82, 2.24) is 4.98 Å². The van der Waals surface area contributed by atoms with E-state index in [0.29, 0.717) is 27.1 Å². The van der Waals surface area contributed by atoms with E-state index < -0.39 is 18.0 Å². The summed E-state index contributed by atoms with van der Waals surface area (Å²) in [6.07, 6.45) is 5.54. The van der Waals surface area contributed by atoms with E-state index in [9.17, 15) is 19.8 Å². The highest BCUT2D eigenvalue weighted by Gasteiger charge is 2.23. The van der Waals surface area contributed by atoms with Crippen LogP contribution in [-0.4, -0.2) is 33.2 Å². The number of benzene rings is 3. The first kappa shape index (κ1) is 22.8. The fourth-order valence-electron chi connectivity index (χ4n) is 3.51. The SMILES string of the molecule is C#Cc1ccccc1CC(Nc1nc2ccc(Cl)cc2cc1C(=O)O)C(=O)O.c1cc2ccc1-2. The molecule has 0 amide bonds. The van der Waals surface area contributed by atoms with Gasteiger partial charge >= 0.3 is 11.9 Å². The van der Waals surface area contributed by atoms with Gasteiger partial charge in [0.05, 0.1) is 5.52 Å². The number of fused-ring (bicyclic) bond motifs is 2. The number of hydrogen-bond donors (Lipinski definition) is 3. The maximum Gasteiger partial charge on any atom is 0.339 e. The summed E-state index contributed by atoms with van der Waals surface area (Å²) >= 11 is 5.95. The second kappa shape index (κ2) is 9.65. The Hall–Kier alpha value is -4.34. The van der Waals surface area contributed by atoms with Crippen LogP contribution in [0.5, 0.6) is 0 Å². The Morgan fingerprint density at radius 2 is 1.68 bits per heavy atom. The quantitative estimate of drug-likeness (QED) is 0.289. The number of carboxylic acid groups (broad SMARTS) is 2. The Balaban J connectivity index is 0.000000388. The number of halogens is 1. The van der Waals surface area contributed by atoms with Crippen LogP contribution in [0.25, 0.3) is 22.0 Å². The van der Waals surface area contributed by atoms with Crippen molar-refractivity contribution >= 4 is 40.3 Å². The molecule has 1 aromatic heterocycles. The van der Waals surface area contributed by atoms with Gasteiger partial charge in [0, 0.05) is 22.4 Å². The van der Waals surface area contributed by atoms with Gasteiger partial charge in [-0.05, 0) is 47.0 Å². The van der Waals surface area contributed by atoms with E-state index in [4.69, 9.17) is 18.0 Å². The van der Waals surface area contributed by atoms with Gasteiger partial charge in [0.2, 0.25) is 0 Å². The number of terminal acetylenes is 1. The molecule has 0 radical (unpaired) electrons.